The molecule has 0 bridgehead atoms. The van der Waals surface area contributed by atoms with E-state index in [0.29, 0.717) is 0 Å². The number of hydrogen-bond acceptors (Lipinski definition) is 0. The smallest absolute Gasteiger partial charge is 0.493 e. The summed E-state index contributed by atoms with van der Waals surface area (Å²) < 4.78 is 1.56. The Hall–Kier alpha value is -4.07. The molecule has 4 aromatic rings. The maximum atomic E-state index is 12.2. The van der Waals surface area contributed by atoms with E-state index in [1.54, 1.807) is 4.70 Å². The quantitative estimate of drug-likeness (QED) is 0.0184. The Kier molecular flexibility index (Phi) is 42.1. The van der Waals surface area contributed by atoms with Crippen molar-refractivity contribution in [1.29, 1.82) is 0 Å². The number of allylic oxidation sites excluding steroid dienone is 4. The predicted molar refractivity (Wildman–Crippen MR) is 333 cm³/mol. The Balaban J connectivity index is 0.00000113. The van der Waals surface area contributed by atoms with Crippen LogP contribution in [-0.4, -0.2) is 4.70 Å². The van der Waals surface area contributed by atoms with Crippen molar-refractivity contribution in [1.82, 2.24) is 0 Å². The molecule has 1 aliphatic rings. The van der Waals surface area contributed by atoms with Gasteiger partial charge in [0.1, 0.15) is 0 Å². The van der Waals surface area contributed by atoms with Gasteiger partial charge in [0.15, 0.2) is 0 Å². The van der Waals surface area contributed by atoms with Crippen LogP contribution in [0.1, 0.15) is 286 Å². The number of hydrogen-bond donors (Lipinski definition) is 0. The van der Waals surface area contributed by atoms with Crippen LogP contribution in [0.25, 0.3) is 16.9 Å². The van der Waals surface area contributed by atoms with Gasteiger partial charge in [-0.2, -0.15) is 49.2 Å². The first-order chi connectivity index (χ1) is 36.9. The molecule has 1 aliphatic heterocycles. The van der Waals surface area contributed by atoms with Crippen LogP contribution in [0.4, 0.5) is 0 Å². The van der Waals surface area contributed by atoms with Gasteiger partial charge in [0.25, 0.3) is 0 Å². The van der Waals surface area contributed by atoms with Crippen molar-refractivity contribution in [2.45, 2.75) is 265 Å². The second-order valence-electron chi connectivity index (χ2n) is 22.0. The summed E-state index contributed by atoms with van der Waals surface area (Å²) in [6.07, 6.45) is 54.5. The van der Waals surface area contributed by atoms with Crippen molar-refractivity contribution in [3.05, 3.63) is 185 Å². The monoisotopic (exact) mass is 1070 g/mol. The molecular formula is C73H110N2Ni. The fourth-order valence-corrected chi connectivity index (χ4v) is 10.4. The summed E-state index contributed by atoms with van der Waals surface area (Å²) in [6, 6.07) is 37.7. The summed E-state index contributed by atoms with van der Waals surface area (Å²) >= 11 is 0. The maximum absolute atomic E-state index is 12.2. The van der Waals surface area contributed by atoms with E-state index < -0.39 is 0 Å². The van der Waals surface area contributed by atoms with Crippen molar-refractivity contribution in [3.8, 4) is 0 Å². The summed E-state index contributed by atoms with van der Waals surface area (Å²) in [5, 5.41) is 0. The summed E-state index contributed by atoms with van der Waals surface area (Å²) in [6.45, 7) is 16.6. The molecule has 0 aromatic heterocycles. The van der Waals surface area contributed by atoms with Crippen LogP contribution in [0.15, 0.2) is 132 Å². The number of aryl methyl sites for hydroxylation is 2. The maximum Gasteiger partial charge on any atom is 2.00 e. The van der Waals surface area contributed by atoms with E-state index >= 15 is 0 Å². The fourth-order valence-electron chi connectivity index (χ4n) is 10.4. The van der Waals surface area contributed by atoms with Crippen molar-refractivity contribution in [2.24, 2.45) is 0 Å². The molecule has 0 saturated heterocycles. The number of nitrogens with zero attached hydrogens (tertiary/aromatic N) is 2. The van der Waals surface area contributed by atoms with Crippen molar-refractivity contribution in [3.63, 3.8) is 0 Å². The minimum atomic E-state index is 0. The molecule has 0 fully saturated rings. The summed E-state index contributed by atoms with van der Waals surface area (Å²) in [5.41, 5.74) is 23.8. The Morgan fingerprint density at radius 1 is 0.368 bits per heavy atom. The molecule has 4 aromatic carbocycles. The molecule has 0 spiro atoms. The minimum absolute atomic E-state index is 0. The van der Waals surface area contributed by atoms with Crippen LogP contribution in [-0.2, 0) is 29.3 Å². The minimum Gasteiger partial charge on any atom is -0.493 e. The van der Waals surface area contributed by atoms with Crippen LogP contribution < -0.4 is 0 Å². The van der Waals surface area contributed by atoms with Crippen molar-refractivity contribution in [2.75, 3.05) is 0 Å². The SMILES string of the molecule is CCCCCCCCCCCCCCCCCCCCCCCCCCCC=CC1=C(c2cccc(CCCCCC)c2)[N+](=[N-])C(c2cccc(CCCC)c2)=C1CCCC.[CH2-]c1ccccc1.[CH2-]c1ccccc1.[Ni+2]. The van der Waals surface area contributed by atoms with Gasteiger partial charge in [0, 0.05) is 16.7 Å². The number of unbranched alkanes of at least 4 members (excludes halogenated alkanes) is 30. The van der Waals surface area contributed by atoms with E-state index in [2.05, 4.69) is 102 Å². The van der Waals surface area contributed by atoms with E-state index in [1.807, 2.05) is 60.7 Å². The first-order valence-electron chi connectivity index (χ1n) is 31.5. The van der Waals surface area contributed by atoms with Crippen LogP contribution in [0.3, 0.4) is 0 Å². The number of benzene rings is 4. The third kappa shape index (κ3) is 31.4. The second-order valence-corrected chi connectivity index (χ2v) is 22.0. The van der Waals surface area contributed by atoms with Gasteiger partial charge in [-0.05, 0) is 86.8 Å². The van der Waals surface area contributed by atoms with Gasteiger partial charge < -0.3 is 5.53 Å². The van der Waals surface area contributed by atoms with Crippen molar-refractivity contribution < 1.29 is 21.2 Å². The third-order valence-electron chi connectivity index (χ3n) is 15.1. The second kappa shape index (κ2) is 47.0. The average Bonchev–Trinajstić information content (AvgIpc) is 3.71. The molecular weight excluding hydrogens is 964 g/mol. The Morgan fingerprint density at radius 2 is 0.711 bits per heavy atom. The first-order valence-corrected chi connectivity index (χ1v) is 31.5. The van der Waals surface area contributed by atoms with Crippen LogP contribution in [0, 0.1) is 13.8 Å². The number of rotatable bonds is 40. The molecule has 0 N–H and O–H groups in total. The van der Waals surface area contributed by atoms with Gasteiger partial charge in [-0.15, -0.1) is 24.3 Å². The van der Waals surface area contributed by atoms with Gasteiger partial charge in [0.2, 0.25) is 11.4 Å². The normalized spacial score (nSPS) is 12.2. The molecule has 0 amide bonds. The molecule has 0 atom stereocenters. The molecule has 3 heteroatoms. The summed E-state index contributed by atoms with van der Waals surface area (Å²) in [7, 11) is 0. The molecule has 0 aliphatic carbocycles. The van der Waals surface area contributed by atoms with Gasteiger partial charge >= 0.3 is 16.5 Å². The van der Waals surface area contributed by atoms with E-state index in [1.165, 1.54) is 221 Å². The third-order valence-corrected chi connectivity index (χ3v) is 15.1. The van der Waals surface area contributed by atoms with E-state index in [4.69, 9.17) is 0 Å². The topological polar surface area (TPSA) is 25.3 Å². The predicted octanol–water partition coefficient (Wildman–Crippen LogP) is 24.0. The van der Waals surface area contributed by atoms with Gasteiger partial charge in [-0.3, -0.25) is 0 Å². The molecule has 2 nitrogen and oxygen atoms in total. The van der Waals surface area contributed by atoms with Crippen LogP contribution >= 0.6 is 0 Å². The fraction of sp³-hybridized carbons (Fsp3) is 0.562. The van der Waals surface area contributed by atoms with Gasteiger partial charge in [0.05, 0.1) is 5.57 Å². The Labute approximate surface area is 480 Å². The van der Waals surface area contributed by atoms with E-state index in [-0.39, 0.29) is 16.5 Å². The van der Waals surface area contributed by atoms with Crippen molar-refractivity contribution >= 4 is 11.4 Å². The molecule has 0 unspecified atom stereocenters. The zero-order valence-corrected chi connectivity index (χ0v) is 50.3. The standard InChI is InChI=1S/C59H96N2.2C7H7.Ni/c1-5-9-13-15-16-17-18-19-20-21-22-23-24-25-26-27-28-29-30-31-32-33-34-35-36-37-39-49-57-56(48-12-8-4)58(54-46-40-44-52(50-54)42-11-7-3)61(60)59(57)55-47-41-45-53(51-55)43-38-14-10-6-2;2*1-7-5-3-2-4-6-7;/h39-41,44-47,49-51H,5-38,42-43,48H2,1-4H3;2*2-6H,1H2;/q;2*-1;+2. The summed E-state index contributed by atoms with van der Waals surface area (Å²) in [5.74, 6) is 0. The van der Waals surface area contributed by atoms with Crippen LogP contribution in [0.2, 0.25) is 0 Å². The zero-order valence-electron chi connectivity index (χ0n) is 49.3. The molecule has 76 heavy (non-hydrogen) atoms. The first kappa shape index (κ1) is 68.0. The van der Waals surface area contributed by atoms with E-state index in [0.717, 1.165) is 72.2 Å². The van der Waals surface area contributed by atoms with Gasteiger partial charge in [-0.25, -0.2) is 4.70 Å². The molecule has 0 radical (unpaired) electrons. The van der Waals surface area contributed by atoms with Crippen LogP contribution in [0.5, 0.6) is 0 Å². The Bertz CT molecular complexity index is 2060. The van der Waals surface area contributed by atoms with Gasteiger partial charge in [-0.1, -0.05) is 262 Å². The average molecular weight is 1070 g/mol. The molecule has 422 valence electrons. The summed E-state index contributed by atoms with van der Waals surface area (Å²) in [4.78, 5) is 0. The molecule has 1 heterocycles. The largest absolute Gasteiger partial charge is 2.00 e. The zero-order chi connectivity index (χ0) is 53.7. The Morgan fingerprint density at radius 3 is 1.09 bits per heavy atom. The molecule has 5 rings (SSSR count). The molecule has 0 saturated carbocycles. The van der Waals surface area contributed by atoms with E-state index in [9.17, 15) is 5.53 Å².